The molecule has 1 aromatic heterocycles. The standard InChI is InChI=1S/C12H21N3/c1-3-10-8-11(15(2)14-10)12(13)9-6-4-5-7-9/h8-9,12H,3-7,13H2,1-2H3. The lowest BCUT2D eigenvalue weighted by molar-refractivity contribution is 0.422. The molecule has 1 aliphatic rings. The van der Waals surface area contributed by atoms with Crippen LogP contribution in [-0.2, 0) is 13.5 Å². The Balaban J connectivity index is 2.16. The SMILES string of the molecule is CCc1cc(C(N)C2CCCC2)n(C)n1. The Bertz CT molecular complexity index is 324. The summed E-state index contributed by atoms with van der Waals surface area (Å²) >= 11 is 0. The van der Waals surface area contributed by atoms with E-state index in [1.807, 2.05) is 11.7 Å². The lowest BCUT2D eigenvalue weighted by Gasteiger charge is -2.18. The summed E-state index contributed by atoms with van der Waals surface area (Å²) in [6.45, 7) is 2.13. The molecule has 0 radical (unpaired) electrons. The second-order valence-electron chi connectivity index (χ2n) is 4.61. The van der Waals surface area contributed by atoms with Gasteiger partial charge in [0.2, 0.25) is 0 Å². The quantitative estimate of drug-likeness (QED) is 0.825. The summed E-state index contributed by atoms with van der Waals surface area (Å²) in [5.74, 6) is 0.671. The maximum Gasteiger partial charge on any atom is 0.0625 e. The van der Waals surface area contributed by atoms with Gasteiger partial charge in [-0.1, -0.05) is 19.8 Å². The predicted octanol–water partition coefficient (Wildman–Crippen LogP) is 2.17. The van der Waals surface area contributed by atoms with Crippen molar-refractivity contribution < 1.29 is 0 Å². The zero-order valence-corrected chi connectivity index (χ0v) is 9.74. The van der Waals surface area contributed by atoms with Crippen molar-refractivity contribution in [1.29, 1.82) is 0 Å². The van der Waals surface area contributed by atoms with Crippen molar-refractivity contribution in [3.63, 3.8) is 0 Å². The molecule has 1 heterocycles. The first-order valence-electron chi connectivity index (χ1n) is 6.00. The van der Waals surface area contributed by atoms with Gasteiger partial charge < -0.3 is 5.73 Å². The number of nitrogens with zero attached hydrogens (tertiary/aromatic N) is 2. The summed E-state index contributed by atoms with van der Waals surface area (Å²) in [7, 11) is 2.00. The van der Waals surface area contributed by atoms with Crippen LogP contribution in [0.2, 0.25) is 0 Å². The van der Waals surface area contributed by atoms with Crippen LogP contribution in [0.1, 0.15) is 50.0 Å². The van der Waals surface area contributed by atoms with E-state index in [0.29, 0.717) is 5.92 Å². The average Bonchev–Trinajstić information content (AvgIpc) is 2.85. The van der Waals surface area contributed by atoms with Gasteiger partial charge >= 0.3 is 0 Å². The fourth-order valence-electron chi connectivity index (χ4n) is 2.59. The highest BCUT2D eigenvalue weighted by molar-refractivity contribution is 5.15. The van der Waals surface area contributed by atoms with Crippen LogP contribution in [0, 0.1) is 5.92 Å². The van der Waals surface area contributed by atoms with Gasteiger partial charge in [0.1, 0.15) is 0 Å². The van der Waals surface area contributed by atoms with E-state index in [0.717, 1.165) is 12.1 Å². The summed E-state index contributed by atoms with van der Waals surface area (Å²) in [5, 5.41) is 4.46. The van der Waals surface area contributed by atoms with Gasteiger partial charge in [0.25, 0.3) is 0 Å². The Kier molecular flexibility index (Phi) is 3.10. The van der Waals surface area contributed by atoms with E-state index >= 15 is 0 Å². The molecule has 0 saturated heterocycles. The number of aromatic nitrogens is 2. The van der Waals surface area contributed by atoms with Crippen molar-refractivity contribution in [3.05, 3.63) is 17.5 Å². The summed E-state index contributed by atoms with van der Waals surface area (Å²) in [5.41, 5.74) is 8.67. The van der Waals surface area contributed by atoms with Gasteiger partial charge in [-0.05, 0) is 31.2 Å². The van der Waals surface area contributed by atoms with E-state index in [-0.39, 0.29) is 6.04 Å². The molecule has 2 N–H and O–H groups in total. The Morgan fingerprint density at radius 3 is 2.73 bits per heavy atom. The largest absolute Gasteiger partial charge is 0.322 e. The van der Waals surface area contributed by atoms with Crippen LogP contribution in [0.15, 0.2) is 6.07 Å². The molecule has 1 aliphatic carbocycles. The summed E-state index contributed by atoms with van der Waals surface area (Å²) in [4.78, 5) is 0. The van der Waals surface area contributed by atoms with Gasteiger partial charge in [-0.3, -0.25) is 4.68 Å². The molecule has 3 heteroatoms. The molecule has 0 amide bonds. The number of hydrogen-bond acceptors (Lipinski definition) is 2. The van der Waals surface area contributed by atoms with E-state index in [2.05, 4.69) is 18.1 Å². The molecule has 1 aromatic rings. The Morgan fingerprint density at radius 1 is 1.53 bits per heavy atom. The Hall–Kier alpha value is -0.830. The van der Waals surface area contributed by atoms with Gasteiger partial charge in [-0.15, -0.1) is 0 Å². The maximum absolute atomic E-state index is 6.31. The highest BCUT2D eigenvalue weighted by Gasteiger charge is 2.25. The summed E-state index contributed by atoms with van der Waals surface area (Å²) in [6.07, 6.45) is 6.25. The molecular weight excluding hydrogens is 186 g/mol. The van der Waals surface area contributed by atoms with E-state index in [1.165, 1.54) is 31.4 Å². The molecule has 0 aromatic carbocycles. The molecule has 1 unspecified atom stereocenters. The predicted molar refractivity (Wildman–Crippen MR) is 61.5 cm³/mol. The molecule has 1 fully saturated rings. The van der Waals surface area contributed by atoms with E-state index in [4.69, 9.17) is 5.73 Å². The van der Waals surface area contributed by atoms with Gasteiger partial charge in [0.15, 0.2) is 0 Å². The maximum atomic E-state index is 6.31. The number of hydrogen-bond donors (Lipinski definition) is 1. The van der Waals surface area contributed by atoms with Crippen LogP contribution in [0.5, 0.6) is 0 Å². The zero-order valence-electron chi connectivity index (χ0n) is 9.74. The molecule has 0 aliphatic heterocycles. The molecule has 0 spiro atoms. The number of aryl methyl sites for hydroxylation is 2. The molecule has 84 valence electrons. The van der Waals surface area contributed by atoms with E-state index in [9.17, 15) is 0 Å². The smallest absolute Gasteiger partial charge is 0.0625 e. The second-order valence-corrected chi connectivity index (χ2v) is 4.61. The van der Waals surface area contributed by atoms with E-state index < -0.39 is 0 Å². The molecule has 2 rings (SSSR count). The minimum absolute atomic E-state index is 0.185. The fraction of sp³-hybridized carbons (Fsp3) is 0.750. The van der Waals surface area contributed by atoms with Crippen molar-refractivity contribution in [2.75, 3.05) is 0 Å². The minimum Gasteiger partial charge on any atom is -0.322 e. The fourth-order valence-corrected chi connectivity index (χ4v) is 2.59. The highest BCUT2D eigenvalue weighted by atomic mass is 15.3. The van der Waals surface area contributed by atoms with Crippen molar-refractivity contribution in [2.24, 2.45) is 18.7 Å². The molecular formula is C12H21N3. The monoisotopic (exact) mass is 207 g/mol. The van der Waals surface area contributed by atoms with Crippen LogP contribution in [0.4, 0.5) is 0 Å². The van der Waals surface area contributed by atoms with Crippen molar-refractivity contribution in [3.8, 4) is 0 Å². The van der Waals surface area contributed by atoms with Crippen LogP contribution in [0.25, 0.3) is 0 Å². The van der Waals surface area contributed by atoms with Gasteiger partial charge in [-0.2, -0.15) is 5.10 Å². The van der Waals surface area contributed by atoms with Gasteiger partial charge in [0.05, 0.1) is 11.4 Å². The third-order valence-electron chi connectivity index (χ3n) is 3.58. The third kappa shape index (κ3) is 2.07. The minimum atomic E-state index is 0.185. The van der Waals surface area contributed by atoms with Gasteiger partial charge in [-0.25, -0.2) is 0 Å². The first kappa shape index (κ1) is 10.7. The second kappa shape index (κ2) is 4.35. The molecule has 1 saturated carbocycles. The van der Waals surface area contributed by atoms with Crippen molar-refractivity contribution in [1.82, 2.24) is 9.78 Å². The molecule has 0 bridgehead atoms. The van der Waals surface area contributed by atoms with Crippen LogP contribution < -0.4 is 5.73 Å². The summed E-state index contributed by atoms with van der Waals surface area (Å²) < 4.78 is 1.96. The molecule has 1 atom stereocenters. The van der Waals surface area contributed by atoms with E-state index in [1.54, 1.807) is 0 Å². The Morgan fingerprint density at radius 2 is 2.20 bits per heavy atom. The van der Waals surface area contributed by atoms with Crippen molar-refractivity contribution in [2.45, 2.75) is 45.1 Å². The van der Waals surface area contributed by atoms with Crippen molar-refractivity contribution >= 4 is 0 Å². The molecule has 15 heavy (non-hydrogen) atoms. The normalized spacial score (nSPS) is 19.7. The number of nitrogens with two attached hydrogens (primary N) is 1. The number of rotatable bonds is 3. The summed E-state index contributed by atoms with van der Waals surface area (Å²) in [6, 6.07) is 2.36. The highest BCUT2D eigenvalue weighted by Crippen LogP contribution is 2.34. The first-order chi connectivity index (χ1) is 7.22. The van der Waals surface area contributed by atoms with Crippen LogP contribution in [0.3, 0.4) is 0 Å². The van der Waals surface area contributed by atoms with Gasteiger partial charge in [0, 0.05) is 13.1 Å². The molecule has 3 nitrogen and oxygen atoms in total. The lowest BCUT2D eigenvalue weighted by atomic mass is 9.96. The third-order valence-corrected chi connectivity index (χ3v) is 3.58. The first-order valence-corrected chi connectivity index (χ1v) is 6.00. The Labute approximate surface area is 91.7 Å². The lowest BCUT2D eigenvalue weighted by Crippen LogP contribution is -2.21. The zero-order chi connectivity index (χ0) is 10.8. The average molecular weight is 207 g/mol. The van der Waals surface area contributed by atoms with Crippen LogP contribution >= 0.6 is 0 Å². The topological polar surface area (TPSA) is 43.8 Å². The van der Waals surface area contributed by atoms with Crippen LogP contribution in [-0.4, -0.2) is 9.78 Å².